The molecule has 2 unspecified atom stereocenters. The first-order valence-electron chi connectivity index (χ1n) is 19.5. The van der Waals surface area contributed by atoms with Crippen molar-refractivity contribution >= 4 is 35.3 Å². The molecular formula is C44H57ClF2N4O9. The van der Waals surface area contributed by atoms with Gasteiger partial charge in [-0.15, -0.1) is 0 Å². The maximum atomic E-state index is 16.2. The number of nitriles is 1. The van der Waals surface area contributed by atoms with E-state index in [0.29, 0.717) is 19.6 Å². The number of aryl methyl sites for hydroxylation is 1. The van der Waals surface area contributed by atoms with Gasteiger partial charge in [0.05, 0.1) is 56.1 Å². The summed E-state index contributed by atoms with van der Waals surface area (Å²) in [6, 6.07) is 13.0. The highest BCUT2D eigenvalue weighted by molar-refractivity contribution is 6.30. The summed E-state index contributed by atoms with van der Waals surface area (Å²) in [7, 11) is 2.87. The number of rotatable bonds is 17. The van der Waals surface area contributed by atoms with E-state index in [2.05, 4.69) is 22.0 Å². The lowest BCUT2D eigenvalue weighted by molar-refractivity contribution is -0.118. The van der Waals surface area contributed by atoms with Crippen LogP contribution in [0.5, 0.6) is 5.75 Å². The lowest BCUT2D eigenvalue weighted by Gasteiger charge is -2.37. The average Bonchev–Trinajstić information content (AvgIpc) is 3.51. The van der Waals surface area contributed by atoms with Gasteiger partial charge in [-0.25, -0.2) is 18.4 Å². The van der Waals surface area contributed by atoms with Crippen LogP contribution in [-0.4, -0.2) is 76.8 Å². The maximum absolute atomic E-state index is 16.2. The minimum atomic E-state index is -1.78. The second-order valence-electron chi connectivity index (χ2n) is 15.7. The molecule has 0 spiro atoms. The van der Waals surface area contributed by atoms with Gasteiger partial charge in [-0.1, -0.05) is 70.5 Å². The molecule has 1 amide bonds. The first-order chi connectivity index (χ1) is 28.4. The Labute approximate surface area is 356 Å². The van der Waals surface area contributed by atoms with E-state index in [-0.39, 0.29) is 52.1 Å². The summed E-state index contributed by atoms with van der Waals surface area (Å²) in [6.45, 7) is 14.9. The van der Waals surface area contributed by atoms with Gasteiger partial charge in [-0.05, 0) is 74.1 Å². The predicted octanol–water partition coefficient (Wildman–Crippen LogP) is 8.53. The summed E-state index contributed by atoms with van der Waals surface area (Å²) in [6.07, 6.45) is -0.388. The van der Waals surface area contributed by atoms with E-state index in [1.54, 1.807) is 26.2 Å². The second-order valence-corrected chi connectivity index (χ2v) is 16.1. The Morgan fingerprint density at radius 3 is 2.32 bits per heavy atom. The van der Waals surface area contributed by atoms with Crippen LogP contribution in [0.1, 0.15) is 94.3 Å². The molecule has 3 aromatic carbocycles. The van der Waals surface area contributed by atoms with Gasteiger partial charge >= 0.3 is 12.1 Å². The highest BCUT2D eigenvalue weighted by Crippen LogP contribution is 2.52. The number of nitrogens with zero attached hydrogens (tertiary/aromatic N) is 1. The lowest BCUT2D eigenvalue weighted by Crippen LogP contribution is -2.45. The maximum Gasteiger partial charge on any atom is 0.511 e. The standard InChI is InChI=1S/C42H51ClF2N4O9.C2H6/c1-25-10-9-11-28(35(25)45)34-36(49-33(20-40(2,3)4)42(34,21-46)29-14-13-27(43)19-30(29)44)37(50)48-31-15-12-26(18-32(31)54-8)38(51)56-24-57-39(52)55-17-16-41(5,6)58-23-47-22-53-7;1-2/h9-15,18-19,33-34,36,47,49H,16-17,20,22-24H2,1-8H3,(H,48,50);1-2H3/t33?,34?,36-,42+;/m1./s1. The Kier molecular flexibility index (Phi) is 18.3. The number of esters is 1. The Balaban J connectivity index is 0.00000473. The average molecular weight is 859 g/mol. The smallest absolute Gasteiger partial charge is 0.495 e. The number of hydrogen-bond acceptors (Lipinski definition) is 12. The Morgan fingerprint density at radius 1 is 0.967 bits per heavy atom. The van der Waals surface area contributed by atoms with Crippen LogP contribution in [0.4, 0.5) is 19.3 Å². The van der Waals surface area contributed by atoms with Crippen molar-refractivity contribution in [2.75, 3.05) is 46.4 Å². The Bertz CT molecular complexity index is 1990. The normalized spacial score (nSPS) is 18.7. The number of methoxy groups -OCH3 is 2. The quantitative estimate of drug-likeness (QED) is 0.0674. The fourth-order valence-corrected chi connectivity index (χ4v) is 7.10. The summed E-state index contributed by atoms with van der Waals surface area (Å²) in [5, 5.41) is 20.2. The van der Waals surface area contributed by atoms with Gasteiger partial charge in [-0.3, -0.25) is 10.1 Å². The van der Waals surface area contributed by atoms with Crippen LogP contribution in [0.25, 0.3) is 0 Å². The van der Waals surface area contributed by atoms with Gasteiger partial charge in [0.2, 0.25) is 12.7 Å². The molecule has 16 heteroatoms. The molecule has 3 aromatic rings. The lowest BCUT2D eigenvalue weighted by atomic mass is 9.62. The summed E-state index contributed by atoms with van der Waals surface area (Å²) in [5.74, 6) is -4.11. The molecule has 4 atom stereocenters. The van der Waals surface area contributed by atoms with Crippen molar-refractivity contribution in [2.45, 2.75) is 97.2 Å². The van der Waals surface area contributed by atoms with E-state index in [1.807, 2.05) is 48.5 Å². The van der Waals surface area contributed by atoms with Crippen molar-refractivity contribution in [3.8, 4) is 11.8 Å². The molecule has 13 nitrogen and oxygen atoms in total. The number of benzene rings is 3. The molecule has 1 aliphatic rings. The molecule has 1 aliphatic heterocycles. The van der Waals surface area contributed by atoms with Gasteiger partial charge < -0.3 is 39.1 Å². The number of halogens is 3. The van der Waals surface area contributed by atoms with Gasteiger partial charge in [0.25, 0.3) is 0 Å². The van der Waals surface area contributed by atoms with Crippen molar-refractivity contribution in [1.82, 2.24) is 10.6 Å². The molecule has 0 aromatic heterocycles. The molecule has 0 radical (unpaired) electrons. The van der Waals surface area contributed by atoms with E-state index in [4.69, 9.17) is 40.0 Å². The predicted molar refractivity (Wildman–Crippen MR) is 223 cm³/mol. The summed E-state index contributed by atoms with van der Waals surface area (Å²) >= 11 is 6.13. The number of ether oxygens (including phenoxy) is 6. The third-order valence-electron chi connectivity index (χ3n) is 9.77. The first-order valence-corrected chi connectivity index (χ1v) is 19.9. The summed E-state index contributed by atoms with van der Waals surface area (Å²) in [5.41, 5.74) is -2.37. The van der Waals surface area contributed by atoms with E-state index < -0.39 is 70.9 Å². The minimum Gasteiger partial charge on any atom is -0.495 e. The molecule has 0 bridgehead atoms. The van der Waals surface area contributed by atoms with Gasteiger partial charge in [-0.2, -0.15) is 5.26 Å². The molecule has 1 fully saturated rings. The molecule has 4 rings (SSSR count). The molecule has 328 valence electrons. The first kappa shape index (κ1) is 49.5. The van der Waals surface area contributed by atoms with Crippen LogP contribution < -0.4 is 20.7 Å². The van der Waals surface area contributed by atoms with E-state index in [1.165, 1.54) is 43.5 Å². The number of anilines is 1. The number of amides is 1. The number of carbonyl (C=O) groups excluding carboxylic acids is 3. The van der Waals surface area contributed by atoms with Crippen molar-refractivity contribution < 1.29 is 51.6 Å². The highest BCUT2D eigenvalue weighted by Gasteiger charge is 2.61. The van der Waals surface area contributed by atoms with Crippen LogP contribution in [0.15, 0.2) is 54.6 Å². The zero-order valence-corrected chi connectivity index (χ0v) is 36.7. The Morgan fingerprint density at radius 2 is 1.68 bits per heavy atom. The summed E-state index contributed by atoms with van der Waals surface area (Å²) < 4.78 is 63.2. The third kappa shape index (κ3) is 12.6. The van der Waals surface area contributed by atoms with Gasteiger partial charge in [0.1, 0.15) is 22.8 Å². The summed E-state index contributed by atoms with van der Waals surface area (Å²) in [4.78, 5) is 39.4. The largest absolute Gasteiger partial charge is 0.511 e. The van der Waals surface area contributed by atoms with Gasteiger partial charge in [0, 0.05) is 36.1 Å². The molecule has 1 heterocycles. The van der Waals surface area contributed by atoms with Crippen LogP contribution in [0.2, 0.25) is 5.02 Å². The number of hydrogen-bond donors (Lipinski definition) is 3. The topological polar surface area (TPSA) is 166 Å². The van der Waals surface area contributed by atoms with Gasteiger partial charge in [0.15, 0.2) is 0 Å². The molecular weight excluding hydrogens is 802 g/mol. The van der Waals surface area contributed by atoms with E-state index in [0.717, 1.165) is 6.07 Å². The van der Waals surface area contributed by atoms with Crippen molar-refractivity contribution in [1.29, 1.82) is 5.26 Å². The molecule has 1 saturated heterocycles. The monoisotopic (exact) mass is 858 g/mol. The second kappa shape index (κ2) is 22.1. The zero-order valence-electron chi connectivity index (χ0n) is 35.9. The van der Waals surface area contributed by atoms with E-state index in [9.17, 15) is 19.6 Å². The van der Waals surface area contributed by atoms with Crippen molar-refractivity contribution in [3.05, 3.63) is 93.5 Å². The minimum absolute atomic E-state index is 0.00144. The molecule has 60 heavy (non-hydrogen) atoms. The Hall–Kier alpha value is -4.85. The van der Waals surface area contributed by atoms with Crippen molar-refractivity contribution in [3.63, 3.8) is 0 Å². The van der Waals surface area contributed by atoms with Crippen LogP contribution in [0.3, 0.4) is 0 Å². The molecule has 0 aliphatic carbocycles. The third-order valence-corrected chi connectivity index (χ3v) is 10.0. The zero-order chi connectivity index (χ0) is 44.8. The fourth-order valence-electron chi connectivity index (χ4n) is 6.94. The SMILES string of the molecule is CC.COCNCOC(C)(C)CCOC(=O)OCOC(=O)c1ccc(NC(=O)[C@@H]2NC(CC(C)(C)C)[C@](C#N)(c3ccc(Cl)cc3F)C2c2cccc(C)c2F)c(OC)c1. The van der Waals surface area contributed by atoms with Crippen molar-refractivity contribution in [2.24, 2.45) is 5.41 Å². The number of carbonyl (C=O) groups is 3. The van der Waals surface area contributed by atoms with Crippen LogP contribution in [-0.2, 0) is 33.9 Å². The molecule has 3 N–H and O–H groups in total. The number of nitrogens with one attached hydrogen (secondary N) is 3. The molecule has 0 saturated carbocycles. The van der Waals surface area contributed by atoms with Crippen LogP contribution >= 0.6 is 11.6 Å². The fraction of sp³-hybridized carbons (Fsp3) is 0.500. The van der Waals surface area contributed by atoms with E-state index >= 15 is 8.78 Å². The highest BCUT2D eigenvalue weighted by atomic mass is 35.5. The van der Waals surface area contributed by atoms with Crippen LogP contribution in [0, 0.1) is 35.3 Å².